The number of imidazole rings is 1. The fraction of sp³-hybridized carbons (Fsp3) is 0.364. The Bertz CT molecular complexity index is 1240. The van der Waals surface area contributed by atoms with E-state index in [1.54, 1.807) is 6.08 Å². The first-order valence-corrected chi connectivity index (χ1v) is 10.6. The number of aliphatic hydroxyl groups is 2. The van der Waals surface area contributed by atoms with Gasteiger partial charge in [0.25, 0.3) is 5.91 Å². The summed E-state index contributed by atoms with van der Waals surface area (Å²) in [6.07, 6.45) is 1.40. The predicted molar refractivity (Wildman–Crippen MR) is 121 cm³/mol. The highest BCUT2D eigenvalue weighted by Gasteiger charge is 2.43. The highest BCUT2D eigenvalue weighted by atomic mass is 16.6. The number of phenolic OH excluding ortho intramolecular Hbond substituents is 2. The molecule has 0 radical (unpaired) electrons. The number of phenols is 2. The quantitative estimate of drug-likeness (QED) is 0.219. The topological polar surface area (TPSA) is 189 Å². The molecule has 1 aliphatic rings. The molecule has 12 heteroatoms. The molecule has 0 saturated carbocycles. The molecule has 34 heavy (non-hydrogen) atoms. The number of nitrogens with zero attached hydrogens (tertiary/aromatic N) is 4. The lowest BCUT2D eigenvalue weighted by Gasteiger charge is -2.16. The zero-order valence-corrected chi connectivity index (χ0v) is 18.5. The van der Waals surface area contributed by atoms with E-state index in [0.29, 0.717) is 16.7 Å². The van der Waals surface area contributed by atoms with Gasteiger partial charge < -0.3 is 36.2 Å². The number of aromatic hydroxyl groups is 2. The summed E-state index contributed by atoms with van der Waals surface area (Å²) in [6.45, 7) is 3.86. The molecule has 0 spiro atoms. The maximum Gasteiger partial charge on any atom is 0.255 e. The van der Waals surface area contributed by atoms with Gasteiger partial charge in [-0.1, -0.05) is 26.0 Å². The van der Waals surface area contributed by atoms with Crippen molar-refractivity contribution in [2.45, 2.75) is 44.3 Å². The van der Waals surface area contributed by atoms with E-state index in [4.69, 9.17) is 10.5 Å². The highest BCUT2D eigenvalue weighted by Crippen LogP contribution is 2.34. The van der Waals surface area contributed by atoms with Crippen molar-refractivity contribution in [3.05, 3.63) is 48.1 Å². The summed E-state index contributed by atoms with van der Waals surface area (Å²) in [7, 11) is 0. The number of nitrogen functional groups attached to an aromatic ring is 1. The van der Waals surface area contributed by atoms with E-state index in [0.717, 1.165) is 0 Å². The van der Waals surface area contributed by atoms with Gasteiger partial charge in [-0.15, -0.1) is 0 Å². The summed E-state index contributed by atoms with van der Waals surface area (Å²) < 4.78 is 7.26. The van der Waals surface area contributed by atoms with Crippen molar-refractivity contribution in [1.82, 2.24) is 24.8 Å². The van der Waals surface area contributed by atoms with Gasteiger partial charge in [-0.25, -0.2) is 15.0 Å². The second kappa shape index (κ2) is 9.25. The van der Waals surface area contributed by atoms with Crippen LogP contribution in [0.25, 0.3) is 11.2 Å². The third-order valence-electron chi connectivity index (χ3n) is 5.67. The number of fused-ring (bicyclic) bond motifs is 1. The van der Waals surface area contributed by atoms with Gasteiger partial charge in [0.1, 0.15) is 30.2 Å². The second-order valence-corrected chi connectivity index (χ2v) is 8.28. The number of carbonyl (C=O) groups excluding carboxylic acids is 1. The van der Waals surface area contributed by atoms with Crippen LogP contribution in [-0.2, 0) is 4.74 Å². The fourth-order valence-electron chi connectivity index (χ4n) is 3.73. The number of benzene rings is 1. The van der Waals surface area contributed by atoms with Crippen LogP contribution in [0, 0.1) is 0 Å². The molecule has 12 nitrogen and oxygen atoms in total. The Balaban J connectivity index is 1.42. The van der Waals surface area contributed by atoms with Crippen LogP contribution in [0.15, 0.2) is 36.9 Å². The van der Waals surface area contributed by atoms with E-state index < -0.39 is 36.2 Å². The Morgan fingerprint density at radius 3 is 2.74 bits per heavy atom. The highest BCUT2D eigenvalue weighted by molar-refractivity contribution is 5.98. The Morgan fingerprint density at radius 2 is 2.00 bits per heavy atom. The minimum atomic E-state index is -1.27. The summed E-state index contributed by atoms with van der Waals surface area (Å²) in [4.78, 5) is 24.6. The number of nitrogens with one attached hydrogen (secondary N) is 1. The van der Waals surface area contributed by atoms with Crippen molar-refractivity contribution >= 4 is 22.9 Å². The van der Waals surface area contributed by atoms with E-state index >= 15 is 0 Å². The Morgan fingerprint density at radius 1 is 1.24 bits per heavy atom. The summed E-state index contributed by atoms with van der Waals surface area (Å²) in [6, 6.07) is 2.94. The van der Waals surface area contributed by atoms with E-state index in [1.807, 2.05) is 13.8 Å². The number of nitrogens with two attached hydrogens (primary N) is 1. The van der Waals surface area contributed by atoms with E-state index in [9.17, 15) is 25.2 Å². The van der Waals surface area contributed by atoms with Crippen LogP contribution >= 0.6 is 0 Å². The third-order valence-corrected chi connectivity index (χ3v) is 5.67. The monoisotopic (exact) mass is 470 g/mol. The van der Waals surface area contributed by atoms with Crippen LogP contribution in [-0.4, -0.2) is 70.7 Å². The van der Waals surface area contributed by atoms with Crippen molar-refractivity contribution in [2.75, 3.05) is 12.3 Å². The van der Waals surface area contributed by atoms with Gasteiger partial charge in [0.15, 0.2) is 29.2 Å². The molecule has 1 aromatic carbocycles. The average Bonchev–Trinajstić information content (AvgIpc) is 3.35. The molecule has 1 aliphatic heterocycles. The zero-order chi connectivity index (χ0) is 24.6. The number of anilines is 1. The van der Waals surface area contributed by atoms with Gasteiger partial charge in [0, 0.05) is 6.54 Å². The molecule has 1 amide bonds. The lowest BCUT2D eigenvalue weighted by Crippen LogP contribution is -2.31. The predicted octanol–water partition coefficient (Wildman–Crippen LogP) is 0.548. The first-order chi connectivity index (χ1) is 16.2. The van der Waals surface area contributed by atoms with Crippen LogP contribution in [0.2, 0.25) is 0 Å². The normalized spacial score (nSPS) is 22.7. The second-order valence-electron chi connectivity index (χ2n) is 8.28. The number of hydrogen-bond acceptors (Lipinski definition) is 10. The van der Waals surface area contributed by atoms with Crippen LogP contribution < -0.4 is 11.1 Å². The molecule has 3 heterocycles. The fourth-order valence-corrected chi connectivity index (χ4v) is 3.73. The van der Waals surface area contributed by atoms with Crippen LogP contribution in [0.1, 0.15) is 41.9 Å². The number of hydrogen-bond donors (Lipinski definition) is 6. The number of aromatic nitrogens is 4. The molecule has 4 rings (SSSR count). The summed E-state index contributed by atoms with van der Waals surface area (Å²) in [5.74, 6) is -1.21. The molecule has 1 fully saturated rings. The van der Waals surface area contributed by atoms with Gasteiger partial charge in [-0.3, -0.25) is 9.36 Å². The molecule has 3 aromatic rings. The van der Waals surface area contributed by atoms with Crippen molar-refractivity contribution in [3.63, 3.8) is 0 Å². The van der Waals surface area contributed by atoms with Crippen LogP contribution in [0.4, 0.5) is 5.82 Å². The van der Waals surface area contributed by atoms with Crippen molar-refractivity contribution in [2.24, 2.45) is 0 Å². The minimum Gasteiger partial charge on any atom is -0.504 e. The molecule has 180 valence electrons. The first kappa shape index (κ1) is 23.4. The molecular weight excluding hydrogens is 444 g/mol. The van der Waals surface area contributed by atoms with Crippen LogP contribution in [0.3, 0.4) is 0 Å². The van der Waals surface area contributed by atoms with Gasteiger partial charge in [-0.05, 0) is 23.6 Å². The number of aliphatic hydroxyl groups excluding tert-OH is 2. The summed E-state index contributed by atoms with van der Waals surface area (Å²) in [5.41, 5.74) is 7.16. The number of rotatable bonds is 6. The molecule has 0 aliphatic carbocycles. The number of amides is 1. The number of ether oxygens (including phenoxy) is 1. The molecule has 7 N–H and O–H groups in total. The summed E-state index contributed by atoms with van der Waals surface area (Å²) in [5, 5.41) is 43.5. The van der Waals surface area contributed by atoms with Crippen molar-refractivity contribution < 1.29 is 30.0 Å². The minimum absolute atomic E-state index is 0.0435. The van der Waals surface area contributed by atoms with Crippen LogP contribution in [0.5, 0.6) is 11.5 Å². The summed E-state index contributed by atoms with van der Waals surface area (Å²) >= 11 is 0. The maximum absolute atomic E-state index is 12.5. The van der Waals surface area contributed by atoms with Gasteiger partial charge in [0.2, 0.25) is 0 Å². The van der Waals surface area contributed by atoms with E-state index in [-0.39, 0.29) is 29.6 Å². The van der Waals surface area contributed by atoms with Crippen molar-refractivity contribution in [3.8, 4) is 11.5 Å². The molecule has 2 aromatic heterocycles. The Hall–Kier alpha value is -3.74. The van der Waals surface area contributed by atoms with Gasteiger partial charge >= 0.3 is 0 Å². The average molecular weight is 470 g/mol. The molecule has 1 saturated heterocycles. The van der Waals surface area contributed by atoms with Gasteiger partial charge in [0.05, 0.1) is 11.9 Å². The standard InChI is InChI=1S/C22H26N6O6/c1-10(2)11-6-12(16(30)13(29)7-11)21(33)24-5-3-4-14-17(31)18(32)22(34-14)28-9-27-15-19(23)25-8-26-20(15)28/h3-4,6-10,14,17-18,22,29-32H,5H2,1-2H3,(H,24,33)(H2,23,25,26)/b4-3+/t14-,17+,18?,22-/m1/s1. The van der Waals surface area contributed by atoms with Crippen molar-refractivity contribution in [1.29, 1.82) is 0 Å². The third kappa shape index (κ3) is 4.25. The molecular formula is C22H26N6O6. The Kier molecular flexibility index (Phi) is 6.37. The van der Waals surface area contributed by atoms with E-state index in [1.165, 1.54) is 35.4 Å². The zero-order valence-electron chi connectivity index (χ0n) is 18.5. The first-order valence-electron chi connectivity index (χ1n) is 10.6. The lowest BCUT2D eigenvalue weighted by atomic mass is 9.99. The lowest BCUT2D eigenvalue weighted by molar-refractivity contribution is -0.0245. The Labute approximate surface area is 194 Å². The van der Waals surface area contributed by atoms with Gasteiger partial charge in [-0.2, -0.15) is 0 Å². The SMILES string of the molecule is CC(C)c1cc(O)c(O)c(C(=O)NC/C=C/[C@H]2O[C@@H](n3cnc4c(N)ncnc43)C(O)[C@H]2O)c1. The van der Waals surface area contributed by atoms with E-state index in [2.05, 4.69) is 20.3 Å². The molecule has 4 atom stereocenters. The molecule has 0 bridgehead atoms. The smallest absolute Gasteiger partial charge is 0.255 e. The largest absolute Gasteiger partial charge is 0.504 e. The maximum atomic E-state index is 12.5. The molecule has 1 unspecified atom stereocenters. The number of carbonyl (C=O) groups is 1.